The van der Waals surface area contributed by atoms with Crippen LogP contribution in [0.2, 0.25) is 0 Å². The largest absolute Gasteiger partial charge is 0.412 e. The summed E-state index contributed by atoms with van der Waals surface area (Å²) in [6.45, 7) is 5.29. The molecule has 0 aromatic heterocycles. The van der Waals surface area contributed by atoms with Gasteiger partial charge >= 0.3 is 6.09 Å². The molecular weight excluding hydrogens is 425 g/mol. The van der Waals surface area contributed by atoms with Crippen molar-refractivity contribution in [2.45, 2.75) is 32.2 Å². The average Bonchev–Trinajstić information content (AvgIpc) is 3.06. The number of benzene rings is 2. The summed E-state index contributed by atoms with van der Waals surface area (Å²) in [7, 11) is 1.61. The monoisotopic (exact) mass is 453 g/mol. The minimum atomic E-state index is -0.787. The molecule has 0 bridgehead atoms. The van der Waals surface area contributed by atoms with E-state index in [4.69, 9.17) is 9.57 Å². The van der Waals surface area contributed by atoms with Crippen LogP contribution in [0.1, 0.15) is 30.9 Å². The van der Waals surface area contributed by atoms with Crippen molar-refractivity contribution in [1.82, 2.24) is 15.7 Å². The van der Waals surface area contributed by atoms with E-state index in [1.54, 1.807) is 26.2 Å². The molecule has 0 unspecified atom stereocenters. The molecule has 0 radical (unpaired) electrons. The lowest BCUT2D eigenvalue weighted by atomic mass is 9.85. The molecule has 0 aliphatic carbocycles. The minimum absolute atomic E-state index is 0.278. The van der Waals surface area contributed by atoms with E-state index in [1.165, 1.54) is 12.1 Å². The normalized spacial score (nSPS) is 17.9. The Balaban J connectivity index is 1.82. The fourth-order valence-corrected chi connectivity index (χ4v) is 4.46. The number of nitrogens with zero attached hydrogens (tertiary/aromatic N) is 1. The number of hydrogen-bond acceptors (Lipinski definition) is 5. The Kier molecular flexibility index (Phi) is 6.49. The summed E-state index contributed by atoms with van der Waals surface area (Å²) in [4.78, 5) is 31.1. The summed E-state index contributed by atoms with van der Waals surface area (Å²) < 4.78 is 19.2. The zero-order valence-electron chi connectivity index (χ0n) is 19.0. The van der Waals surface area contributed by atoms with Crippen LogP contribution in [0.3, 0.4) is 0 Å². The van der Waals surface area contributed by atoms with Gasteiger partial charge in [-0.15, -0.1) is 0 Å². The third-order valence-electron chi connectivity index (χ3n) is 6.28. The van der Waals surface area contributed by atoms with Gasteiger partial charge in [0.05, 0.1) is 12.7 Å². The van der Waals surface area contributed by atoms with Gasteiger partial charge in [0.15, 0.2) is 0 Å². The van der Waals surface area contributed by atoms with E-state index >= 15 is 0 Å². The molecule has 1 saturated heterocycles. The zero-order chi connectivity index (χ0) is 23.6. The van der Waals surface area contributed by atoms with Crippen LogP contribution in [0.25, 0.3) is 16.7 Å². The van der Waals surface area contributed by atoms with E-state index in [0.29, 0.717) is 49.4 Å². The third-order valence-corrected chi connectivity index (χ3v) is 6.28. The molecule has 7 nitrogen and oxygen atoms in total. The van der Waals surface area contributed by atoms with Gasteiger partial charge in [-0.25, -0.2) is 9.18 Å². The molecule has 2 N–H and O–H groups in total. The molecule has 2 heterocycles. The van der Waals surface area contributed by atoms with Crippen molar-refractivity contribution in [2.24, 2.45) is 0 Å². The van der Waals surface area contributed by atoms with Gasteiger partial charge in [0.25, 0.3) is 5.91 Å². The lowest BCUT2D eigenvalue weighted by Crippen LogP contribution is -2.53. The van der Waals surface area contributed by atoms with Crippen LogP contribution in [-0.2, 0) is 14.4 Å². The maximum Gasteiger partial charge on any atom is 0.412 e. The smallest absolute Gasteiger partial charge is 0.411 e. The van der Waals surface area contributed by atoms with Gasteiger partial charge in [-0.05, 0) is 67.1 Å². The molecule has 0 saturated carbocycles. The highest BCUT2D eigenvalue weighted by molar-refractivity contribution is 6.24. The van der Waals surface area contributed by atoms with Gasteiger partial charge in [-0.1, -0.05) is 24.3 Å². The molecule has 2 aromatic rings. The zero-order valence-corrected chi connectivity index (χ0v) is 19.0. The molecule has 1 spiro atoms. The number of hydrogen-bond donors (Lipinski definition) is 2. The Bertz CT molecular complexity index is 1090. The third kappa shape index (κ3) is 4.49. The topological polar surface area (TPSA) is 79.9 Å². The second-order valence-corrected chi connectivity index (χ2v) is 8.31. The molecular formula is C25H28FN3O4. The molecule has 2 aliphatic heterocycles. The van der Waals surface area contributed by atoms with Crippen molar-refractivity contribution in [2.75, 3.05) is 26.7 Å². The van der Waals surface area contributed by atoms with Gasteiger partial charge < -0.3 is 20.2 Å². The number of amides is 2. The van der Waals surface area contributed by atoms with Gasteiger partial charge in [0.2, 0.25) is 0 Å². The summed E-state index contributed by atoms with van der Waals surface area (Å²) in [5.41, 5.74) is 2.78. The number of carbonyl (C=O) groups is 2. The van der Waals surface area contributed by atoms with Crippen molar-refractivity contribution < 1.29 is 23.6 Å². The van der Waals surface area contributed by atoms with E-state index in [0.717, 1.165) is 16.7 Å². The number of nitrogens with one attached hydrogen (secondary N) is 2. The predicted molar refractivity (Wildman–Crippen MR) is 122 cm³/mol. The highest BCUT2D eigenvalue weighted by atomic mass is 19.1. The number of carbonyl (C=O) groups excluding carboxylic acids is 2. The number of aryl methyl sites for hydroxylation is 1. The Morgan fingerprint density at radius 2 is 1.82 bits per heavy atom. The van der Waals surface area contributed by atoms with Crippen molar-refractivity contribution in [3.8, 4) is 11.1 Å². The summed E-state index contributed by atoms with van der Waals surface area (Å²) in [5.74, 6) is -0.251. The summed E-state index contributed by atoms with van der Waals surface area (Å²) in [5, 5.41) is 7.58. The molecule has 2 aromatic carbocycles. The average molecular weight is 454 g/mol. The van der Waals surface area contributed by atoms with Crippen molar-refractivity contribution in [1.29, 1.82) is 0 Å². The Labute approximate surface area is 192 Å². The molecule has 2 amide bonds. The summed E-state index contributed by atoms with van der Waals surface area (Å²) in [6, 6.07) is 11.9. The second-order valence-electron chi connectivity index (χ2n) is 8.31. The van der Waals surface area contributed by atoms with Crippen LogP contribution in [0.15, 0.2) is 48.2 Å². The van der Waals surface area contributed by atoms with Crippen LogP contribution in [0, 0.1) is 12.7 Å². The number of halogens is 1. The predicted octanol–water partition coefficient (Wildman–Crippen LogP) is 3.78. The van der Waals surface area contributed by atoms with Crippen LogP contribution < -0.4 is 10.6 Å². The molecule has 4 rings (SSSR count). The summed E-state index contributed by atoms with van der Waals surface area (Å²) >= 11 is 0. The Hall–Kier alpha value is -3.23. The van der Waals surface area contributed by atoms with Crippen LogP contribution in [0.4, 0.5) is 9.18 Å². The standard InChI is InChI=1S/C25H28FN3O4/c1-4-27-24(31)33-22-21(23(30)28-25(22)11-13-29(32-3)14-12-25)20-15-18(6-5-16(20)2)17-7-9-19(26)10-8-17/h5-10,15H,4,11-14H2,1-3H3,(H,27,31)(H,28,30). The molecule has 2 aliphatic rings. The molecule has 8 heteroatoms. The minimum Gasteiger partial charge on any atom is -0.411 e. The first-order chi connectivity index (χ1) is 15.9. The maximum atomic E-state index is 13.4. The fourth-order valence-electron chi connectivity index (χ4n) is 4.46. The first kappa shape index (κ1) is 22.9. The van der Waals surface area contributed by atoms with Crippen LogP contribution in [0.5, 0.6) is 0 Å². The number of alkyl carbamates (subject to hydrolysis) is 1. The first-order valence-corrected chi connectivity index (χ1v) is 11.1. The van der Waals surface area contributed by atoms with E-state index in [-0.39, 0.29) is 11.7 Å². The highest BCUT2D eigenvalue weighted by Gasteiger charge is 2.50. The lowest BCUT2D eigenvalue weighted by Gasteiger charge is -2.38. The van der Waals surface area contributed by atoms with Crippen LogP contribution in [-0.4, -0.2) is 49.3 Å². The maximum absolute atomic E-state index is 13.4. The van der Waals surface area contributed by atoms with E-state index in [1.807, 2.05) is 30.2 Å². The SMILES string of the molecule is CCNC(=O)OC1=C(c2cc(-c3ccc(F)cc3)ccc2C)C(=O)NC12CCN(OC)CC2. The molecule has 0 atom stereocenters. The second kappa shape index (κ2) is 9.33. The molecule has 174 valence electrons. The Morgan fingerprint density at radius 1 is 1.15 bits per heavy atom. The van der Waals surface area contributed by atoms with Crippen molar-refractivity contribution in [3.63, 3.8) is 0 Å². The van der Waals surface area contributed by atoms with Gasteiger partial charge in [0.1, 0.15) is 17.1 Å². The highest BCUT2D eigenvalue weighted by Crippen LogP contribution is 2.42. The molecule has 33 heavy (non-hydrogen) atoms. The summed E-state index contributed by atoms with van der Waals surface area (Å²) in [6.07, 6.45) is 0.491. The van der Waals surface area contributed by atoms with E-state index in [2.05, 4.69) is 10.6 Å². The van der Waals surface area contributed by atoms with Gasteiger partial charge in [0, 0.05) is 19.6 Å². The van der Waals surface area contributed by atoms with E-state index in [9.17, 15) is 14.0 Å². The van der Waals surface area contributed by atoms with Crippen molar-refractivity contribution >= 4 is 17.6 Å². The Morgan fingerprint density at radius 3 is 2.45 bits per heavy atom. The number of hydroxylamine groups is 2. The van der Waals surface area contributed by atoms with Gasteiger partial charge in [-0.3, -0.25) is 4.79 Å². The van der Waals surface area contributed by atoms with E-state index < -0.39 is 11.6 Å². The quantitative estimate of drug-likeness (QED) is 0.720. The first-order valence-electron chi connectivity index (χ1n) is 11.1. The number of ether oxygens (including phenoxy) is 1. The fraction of sp³-hybridized carbons (Fsp3) is 0.360. The molecule has 1 fully saturated rings. The lowest BCUT2D eigenvalue weighted by molar-refractivity contribution is -0.152. The number of piperidine rings is 1. The van der Waals surface area contributed by atoms with Gasteiger partial charge in [-0.2, -0.15) is 5.06 Å². The van der Waals surface area contributed by atoms with Crippen molar-refractivity contribution in [3.05, 3.63) is 65.2 Å². The van der Waals surface area contributed by atoms with Crippen LogP contribution >= 0.6 is 0 Å². The number of rotatable bonds is 5.